The Morgan fingerprint density at radius 1 is 1.19 bits per heavy atom. The topological polar surface area (TPSA) is 51.5 Å². The molecule has 0 atom stereocenters. The standard InChI is InChI=1S/C16H26N2O3/c1-5-6-7-8-11-18(15(20)21-16(2,3)4)17-12-9-14(19)10-13-17/h9-10,12-13H,5-8,11H2,1-4H3. The van der Waals surface area contributed by atoms with Crippen molar-refractivity contribution in [3.8, 4) is 0 Å². The van der Waals surface area contributed by atoms with Crippen LogP contribution < -0.4 is 10.4 Å². The lowest BCUT2D eigenvalue weighted by atomic mass is 10.2. The number of hydrogen-bond donors (Lipinski definition) is 0. The quantitative estimate of drug-likeness (QED) is 0.756. The monoisotopic (exact) mass is 294 g/mol. The van der Waals surface area contributed by atoms with Crippen LogP contribution in [0.1, 0.15) is 53.4 Å². The van der Waals surface area contributed by atoms with Crippen LogP contribution in [0.3, 0.4) is 0 Å². The molecule has 0 saturated carbocycles. The van der Waals surface area contributed by atoms with Crippen molar-refractivity contribution in [2.75, 3.05) is 11.6 Å². The first-order valence-corrected chi connectivity index (χ1v) is 7.52. The molecule has 0 aromatic carbocycles. The summed E-state index contributed by atoms with van der Waals surface area (Å²) < 4.78 is 7.04. The van der Waals surface area contributed by atoms with Gasteiger partial charge in [-0.2, -0.15) is 0 Å². The van der Waals surface area contributed by atoms with Crippen molar-refractivity contribution in [2.24, 2.45) is 0 Å². The second-order valence-electron chi connectivity index (χ2n) is 6.08. The minimum absolute atomic E-state index is 0.0821. The molecule has 0 N–H and O–H groups in total. The molecule has 0 spiro atoms. The molecule has 1 heterocycles. The molecule has 118 valence electrons. The van der Waals surface area contributed by atoms with Gasteiger partial charge in [0.1, 0.15) is 5.60 Å². The number of aromatic nitrogens is 1. The maximum atomic E-state index is 12.3. The molecule has 1 aromatic heterocycles. The highest BCUT2D eigenvalue weighted by atomic mass is 16.6. The van der Waals surface area contributed by atoms with Gasteiger partial charge in [0.2, 0.25) is 0 Å². The van der Waals surface area contributed by atoms with Gasteiger partial charge in [-0.05, 0) is 27.2 Å². The zero-order valence-electron chi connectivity index (χ0n) is 13.5. The fourth-order valence-corrected chi connectivity index (χ4v) is 1.87. The van der Waals surface area contributed by atoms with E-state index in [0.717, 1.165) is 25.7 Å². The molecule has 5 nitrogen and oxygen atoms in total. The van der Waals surface area contributed by atoms with E-state index in [1.165, 1.54) is 17.1 Å². The normalized spacial score (nSPS) is 11.2. The van der Waals surface area contributed by atoms with Crippen molar-refractivity contribution in [2.45, 2.75) is 59.0 Å². The Balaban J connectivity index is 2.81. The molecule has 0 saturated heterocycles. The summed E-state index contributed by atoms with van der Waals surface area (Å²) in [5.41, 5.74) is -0.626. The van der Waals surface area contributed by atoms with E-state index in [4.69, 9.17) is 4.74 Å². The van der Waals surface area contributed by atoms with Crippen molar-refractivity contribution in [1.29, 1.82) is 0 Å². The smallest absolute Gasteiger partial charge is 0.429 e. The Morgan fingerprint density at radius 3 is 2.33 bits per heavy atom. The van der Waals surface area contributed by atoms with Gasteiger partial charge < -0.3 is 4.74 Å². The highest BCUT2D eigenvalue weighted by Crippen LogP contribution is 2.10. The average Bonchev–Trinajstić information content (AvgIpc) is 2.38. The van der Waals surface area contributed by atoms with Crippen LogP contribution in [-0.4, -0.2) is 22.9 Å². The van der Waals surface area contributed by atoms with E-state index in [2.05, 4.69) is 6.92 Å². The number of rotatable bonds is 6. The minimum atomic E-state index is -0.544. The molecular weight excluding hydrogens is 268 g/mol. The van der Waals surface area contributed by atoms with Crippen LogP contribution >= 0.6 is 0 Å². The lowest BCUT2D eigenvalue weighted by molar-refractivity contribution is 0.0537. The van der Waals surface area contributed by atoms with E-state index in [0.29, 0.717) is 6.54 Å². The van der Waals surface area contributed by atoms with Crippen molar-refractivity contribution in [3.05, 3.63) is 34.7 Å². The molecule has 0 aliphatic carbocycles. The summed E-state index contributed by atoms with van der Waals surface area (Å²) >= 11 is 0. The third-order valence-electron chi connectivity index (χ3n) is 2.89. The van der Waals surface area contributed by atoms with E-state index in [9.17, 15) is 9.59 Å². The highest BCUT2D eigenvalue weighted by molar-refractivity contribution is 5.78. The zero-order valence-corrected chi connectivity index (χ0v) is 13.5. The predicted octanol–water partition coefficient (Wildman–Crippen LogP) is 3.30. The van der Waals surface area contributed by atoms with Gasteiger partial charge in [-0.3, -0.25) is 9.47 Å². The van der Waals surface area contributed by atoms with Crippen LogP contribution in [0.5, 0.6) is 0 Å². The summed E-state index contributed by atoms with van der Waals surface area (Å²) in [5, 5.41) is 1.53. The molecule has 0 aliphatic rings. The Labute approximate surface area is 126 Å². The van der Waals surface area contributed by atoms with Crippen LogP contribution in [-0.2, 0) is 4.74 Å². The summed E-state index contributed by atoms with van der Waals surface area (Å²) in [5.74, 6) is 0. The molecule has 1 rings (SSSR count). The number of pyridine rings is 1. The average molecular weight is 294 g/mol. The van der Waals surface area contributed by atoms with Crippen LogP contribution in [0, 0.1) is 0 Å². The van der Waals surface area contributed by atoms with E-state index in [1.54, 1.807) is 17.1 Å². The van der Waals surface area contributed by atoms with Gasteiger partial charge >= 0.3 is 6.09 Å². The van der Waals surface area contributed by atoms with Gasteiger partial charge in [-0.1, -0.05) is 26.2 Å². The summed E-state index contributed by atoms with van der Waals surface area (Å²) in [4.78, 5) is 23.5. The number of nitrogens with zero attached hydrogens (tertiary/aromatic N) is 2. The summed E-state index contributed by atoms with van der Waals surface area (Å²) in [6, 6.07) is 2.87. The molecule has 1 aromatic rings. The molecular formula is C16H26N2O3. The second kappa shape index (κ2) is 7.86. The number of unbranched alkanes of at least 4 members (excludes halogenated alkanes) is 3. The third kappa shape index (κ3) is 6.47. The largest absolute Gasteiger partial charge is 0.442 e. The van der Waals surface area contributed by atoms with Crippen molar-refractivity contribution in [1.82, 2.24) is 4.68 Å². The Hall–Kier alpha value is -1.78. The maximum Gasteiger partial charge on any atom is 0.429 e. The summed E-state index contributed by atoms with van der Waals surface area (Å²) in [6.45, 7) is 8.23. The maximum absolute atomic E-state index is 12.3. The fourth-order valence-electron chi connectivity index (χ4n) is 1.87. The zero-order chi connectivity index (χ0) is 15.9. The first-order chi connectivity index (χ1) is 9.83. The van der Waals surface area contributed by atoms with Gasteiger partial charge in [0.25, 0.3) is 0 Å². The molecule has 0 aliphatic heterocycles. The Morgan fingerprint density at radius 2 is 1.81 bits per heavy atom. The van der Waals surface area contributed by atoms with E-state index in [1.807, 2.05) is 20.8 Å². The van der Waals surface area contributed by atoms with E-state index >= 15 is 0 Å². The molecule has 0 bridgehead atoms. The second-order valence-corrected chi connectivity index (χ2v) is 6.08. The van der Waals surface area contributed by atoms with Crippen LogP contribution in [0.2, 0.25) is 0 Å². The summed E-state index contributed by atoms with van der Waals surface area (Å²) in [6.07, 6.45) is 7.03. The molecule has 5 heteroatoms. The van der Waals surface area contributed by atoms with Gasteiger partial charge in [-0.25, -0.2) is 9.80 Å². The summed E-state index contributed by atoms with van der Waals surface area (Å²) in [7, 11) is 0. The van der Waals surface area contributed by atoms with Gasteiger partial charge in [0, 0.05) is 31.1 Å². The first kappa shape index (κ1) is 17.3. The van der Waals surface area contributed by atoms with Crippen LogP contribution in [0.4, 0.5) is 4.79 Å². The lowest BCUT2D eigenvalue weighted by Crippen LogP contribution is -2.44. The Bertz CT molecular complexity index is 482. The van der Waals surface area contributed by atoms with Gasteiger partial charge in [0.05, 0.1) is 0 Å². The molecule has 0 unspecified atom stereocenters. The lowest BCUT2D eigenvalue weighted by Gasteiger charge is -2.28. The third-order valence-corrected chi connectivity index (χ3v) is 2.89. The number of carbonyl (C=O) groups is 1. The highest BCUT2D eigenvalue weighted by Gasteiger charge is 2.22. The number of hydrogen-bond acceptors (Lipinski definition) is 3. The minimum Gasteiger partial charge on any atom is -0.442 e. The molecule has 0 radical (unpaired) electrons. The van der Waals surface area contributed by atoms with Gasteiger partial charge in [0.15, 0.2) is 5.43 Å². The van der Waals surface area contributed by atoms with E-state index in [-0.39, 0.29) is 5.43 Å². The number of carbonyl (C=O) groups excluding carboxylic acids is 1. The first-order valence-electron chi connectivity index (χ1n) is 7.52. The SMILES string of the molecule is CCCCCCN(C(=O)OC(C)(C)C)n1ccc(=O)cc1. The Kier molecular flexibility index (Phi) is 6.46. The fraction of sp³-hybridized carbons (Fsp3) is 0.625. The van der Waals surface area contributed by atoms with Crippen LogP contribution in [0.25, 0.3) is 0 Å². The molecule has 1 amide bonds. The predicted molar refractivity (Wildman–Crippen MR) is 84.2 cm³/mol. The van der Waals surface area contributed by atoms with Crippen molar-refractivity contribution < 1.29 is 9.53 Å². The number of ether oxygens (including phenoxy) is 1. The number of amides is 1. The molecule has 21 heavy (non-hydrogen) atoms. The molecule has 0 fully saturated rings. The van der Waals surface area contributed by atoms with Crippen molar-refractivity contribution in [3.63, 3.8) is 0 Å². The van der Waals surface area contributed by atoms with E-state index < -0.39 is 11.7 Å². The van der Waals surface area contributed by atoms with Crippen molar-refractivity contribution >= 4 is 6.09 Å². The van der Waals surface area contributed by atoms with Gasteiger partial charge in [-0.15, -0.1) is 0 Å². The van der Waals surface area contributed by atoms with Crippen LogP contribution in [0.15, 0.2) is 29.3 Å².